The number of nitrogens with zero attached hydrogens (tertiary/aromatic N) is 1. The molecule has 2 aromatic rings. The van der Waals surface area contributed by atoms with Crippen LogP contribution in [0.15, 0.2) is 29.3 Å². The number of aromatic hydroxyl groups is 1. The van der Waals surface area contributed by atoms with Crippen LogP contribution in [0.1, 0.15) is 38.3 Å². The highest BCUT2D eigenvalue weighted by Gasteiger charge is 2.33. The van der Waals surface area contributed by atoms with Crippen molar-refractivity contribution in [2.45, 2.75) is 32.6 Å². The zero-order valence-corrected chi connectivity index (χ0v) is 13.5. The second-order valence-electron chi connectivity index (χ2n) is 6.03. The van der Waals surface area contributed by atoms with E-state index in [0.717, 1.165) is 0 Å². The quantitative estimate of drug-likeness (QED) is 0.452. The van der Waals surface area contributed by atoms with Crippen molar-refractivity contribution in [3.05, 3.63) is 58.7 Å². The molecule has 0 spiro atoms. The summed E-state index contributed by atoms with van der Waals surface area (Å²) in [7, 11) is 0. The van der Waals surface area contributed by atoms with Gasteiger partial charge in [0, 0.05) is 11.8 Å². The molecule has 0 aromatic heterocycles. The number of rotatable bonds is 4. The zero-order chi connectivity index (χ0) is 18.1. The van der Waals surface area contributed by atoms with Crippen molar-refractivity contribution in [3.63, 3.8) is 0 Å². The molecule has 0 aliphatic heterocycles. The molecule has 0 unspecified atom stereocenters. The second kappa shape index (κ2) is 6.63. The average Bonchev–Trinajstić information content (AvgIpc) is 2.54. The fraction of sp³-hybridized carbons (Fsp3) is 0.278. The molecule has 0 saturated heterocycles. The van der Waals surface area contributed by atoms with Crippen LogP contribution in [-0.4, -0.2) is 11.3 Å². The first-order chi connectivity index (χ1) is 11.2. The summed E-state index contributed by atoms with van der Waals surface area (Å²) in [4.78, 5) is 3.70. The van der Waals surface area contributed by atoms with Gasteiger partial charge in [0.25, 0.3) is 0 Å². The smallest absolute Gasteiger partial charge is 0.171 e. The third-order valence-corrected chi connectivity index (χ3v) is 4.07. The lowest BCUT2D eigenvalue weighted by atomic mass is 9.81. The summed E-state index contributed by atoms with van der Waals surface area (Å²) in [6.07, 6.45) is 0.958. The molecule has 0 radical (unpaired) electrons. The Morgan fingerprint density at radius 1 is 1.00 bits per heavy atom. The van der Waals surface area contributed by atoms with Crippen LogP contribution in [0.25, 0.3) is 0 Å². The SMILES string of the molecule is CCC(C)(C)c1c(F)c(F)c(C=Nc2ccccc2O)c(F)c1F. The van der Waals surface area contributed by atoms with Gasteiger partial charge in [-0.25, -0.2) is 17.6 Å². The molecule has 2 rings (SSSR count). The summed E-state index contributed by atoms with van der Waals surface area (Å²) < 4.78 is 57.1. The third-order valence-electron chi connectivity index (χ3n) is 4.07. The Balaban J connectivity index is 2.60. The van der Waals surface area contributed by atoms with Crippen molar-refractivity contribution in [2.24, 2.45) is 4.99 Å². The Morgan fingerprint density at radius 3 is 2.04 bits per heavy atom. The van der Waals surface area contributed by atoms with Gasteiger partial charge in [0.1, 0.15) is 11.4 Å². The van der Waals surface area contributed by atoms with Gasteiger partial charge >= 0.3 is 0 Å². The highest BCUT2D eigenvalue weighted by atomic mass is 19.2. The Bertz CT molecular complexity index is 771. The van der Waals surface area contributed by atoms with E-state index in [-0.39, 0.29) is 11.4 Å². The molecule has 1 N–H and O–H groups in total. The van der Waals surface area contributed by atoms with Crippen molar-refractivity contribution < 1.29 is 22.7 Å². The van der Waals surface area contributed by atoms with Crippen molar-refractivity contribution in [3.8, 4) is 5.75 Å². The van der Waals surface area contributed by atoms with Crippen LogP contribution < -0.4 is 0 Å². The molecule has 0 fully saturated rings. The van der Waals surface area contributed by atoms with Crippen LogP contribution >= 0.6 is 0 Å². The zero-order valence-electron chi connectivity index (χ0n) is 13.5. The highest BCUT2D eigenvalue weighted by molar-refractivity contribution is 5.83. The number of hydrogen-bond donors (Lipinski definition) is 1. The van der Waals surface area contributed by atoms with E-state index in [1.165, 1.54) is 32.0 Å². The molecule has 0 aliphatic carbocycles. The van der Waals surface area contributed by atoms with E-state index in [1.54, 1.807) is 13.0 Å². The summed E-state index contributed by atoms with van der Waals surface area (Å²) in [6.45, 7) is 4.68. The van der Waals surface area contributed by atoms with Gasteiger partial charge in [0.15, 0.2) is 23.3 Å². The molecule has 2 nitrogen and oxygen atoms in total. The summed E-state index contributed by atoms with van der Waals surface area (Å²) in [5.41, 5.74) is -2.60. The Morgan fingerprint density at radius 2 is 1.54 bits per heavy atom. The summed E-state index contributed by atoms with van der Waals surface area (Å²) in [5, 5.41) is 9.57. The third kappa shape index (κ3) is 3.13. The van der Waals surface area contributed by atoms with Crippen LogP contribution in [-0.2, 0) is 5.41 Å². The molecule has 24 heavy (non-hydrogen) atoms. The molecule has 0 atom stereocenters. The first-order valence-electron chi connectivity index (χ1n) is 7.39. The topological polar surface area (TPSA) is 32.6 Å². The first-order valence-corrected chi connectivity index (χ1v) is 7.39. The Labute approximate surface area is 137 Å². The van der Waals surface area contributed by atoms with Crippen LogP contribution in [0.3, 0.4) is 0 Å². The number of phenolic OH excluding ortho intramolecular Hbond substituents is 1. The van der Waals surface area contributed by atoms with E-state index in [2.05, 4.69) is 4.99 Å². The maximum Gasteiger partial charge on any atom is 0.171 e. The van der Waals surface area contributed by atoms with E-state index < -0.39 is 39.8 Å². The fourth-order valence-corrected chi connectivity index (χ4v) is 2.24. The minimum atomic E-state index is -1.51. The lowest BCUT2D eigenvalue weighted by molar-refractivity contribution is 0.384. The molecule has 6 heteroatoms. The minimum Gasteiger partial charge on any atom is -0.506 e. The van der Waals surface area contributed by atoms with Gasteiger partial charge in [-0.1, -0.05) is 32.9 Å². The normalized spacial score (nSPS) is 12.1. The van der Waals surface area contributed by atoms with Crippen LogP contribution in [0.4, 0.5) is 23.2 Å². The van der Waals surface area contributed by atoms with Crippen molar-refractivity contribution >= 4 is 11.9 Å². The van der Waals surface area contributed by atoms with Crippen LogP contribution in [0.5, 0.6) is 5.75 Å². The van der Waals surface area contributed by atoms with Crippen molar-refractivity contribution in [2.75, 3.05) is 0 Å². The summed E-state index contributed by atoms with van der Waals surface area (Å²) in [5.74, 6) is -6.10. The van der Waals surface area contributed by atoms with Gasteiger partial charge in [0.05, 0.1) is 5.56 Å². The maximum atomic E-state index is 14.3. The average molecular weight is 339 g/mol. The number of aliphatic imine (C=N–C) groups is 1. The number of benzene rings is 2. The number of para-hydroxylation sites is 2. The van der Waals surface area contributed by atoms with E-state index in [4.69, 9.17) is 0 Å². The maximum absolute atomic E-state index is 14.3. The summed E-state index contributed by atoms with van der Waals surface area (Å²) >= 11 is 0. The first kappa shape index (κ1) is 18.0. The molecule has 0 bridgehead atoms. The Hall–Kier alpha value is -2.37. The predicted molar refractivity (Wildman–Crippen MR) is 85.0 cm³/mol. The van der Waals surface area contributed by atoms with E-state index in [1.807, 2.05) is 0 Å². The minimum absolute atomic E-state index is 0.0232. The highest BCUT2D eigenvalue weighted by Crippen LogP contribution is 2.35. The lowest BCUT2D eigenvalue weighted by Gasteiger charge is -2.25. The van der Waals surface area contributed by atoms with Gasteiger partial charge in [-0.3, -0.25) is 4.99 Å². The largest absolute Gasteiger partial charge is 0.506 e. The number of halogens is 4. The molecule has 0 aliphatic rings. The molecule has 0 heterocycles. The van der Waals surface area contributed by atoms with Gasteiger partial charge in [-0.15, -0.1) is 0 Å². The predicted octanol–water partition coefficient (Wildman–Crippen LogP) is 5.39. The van der Waals surface area contributed by atoms with Crippen LogP contribution in [0, 0.1) is 23.3 Å². The van der Waals surface area contributed by atoms with E-state index >= 15 is 0 Å². The van der Waals surface area contributed by atoms with E-state index in [0.29, 0.717) is 12.6 Å². The lowest BCUT2D eigenvalue weighted by Crippen LogP contribution is -2.23. The van der Waals surface area contributed by atoms with Crippen molar-refractivity contribution in [1.29, 1.82) is 0 Å². The fourth-order valence-electron chi connectivity index (χ4n) is 2.24. The van der Waals surface area contributed by atoms with Crippen molar-refractivity contribution in [1.82, 2.24) is 0 Å². The van der Waals surface area contributed by atoms with Crippen LogP contribution in [0.2, 0.25) is 0 Å². The van der Waals surface area contributed by atoms with Gasteiger partial charge < -0.3 is 5.11 Å². The Kier molecular flexibility index (Phi) is 4.96. The monoisotopic (exact) mass is 339 g/mol. The number of hydrogen-bond acceptors (Lipinski definition) is 2. The number of phenols is 1. The standard InChI is InChI=1S/C18H17F4NO/c1-4-18(2,3)13-16(21)14(19)10(15(20)17(13)22)9-23-11-7-5-6-8-12(11)24/h5-9,24H,4H2,1-3H3. The van der Waals surface area contributed by atoms with Gasteiger partial charge in [-0.05, 0) is 24.0 Å². The second-order valence-corrected chi connectivity index (χ2v) is 6.03. The molecule has 0 saturated carbocycles. The summed E-state index contributed by atoms with van der Waals surface area (Å²) in [6, 6.07) is 5.81. The molecular formula is C18H17F4NO. The van der Waals surface area contributed by atoms with E-state index in [9.17, 15) is 22.7 Å². The molecular weight excluding hydrogens is 322 g/mol. The van der Waals surface area contributed by atoms with Gasteiger partial charge in [-0.2, -0.15) is 0 Å². The molecule has 128 valence electrons. The molecule has 0 amide bonds. The van der Waals surface area contributed by atoms with Gasteiger partial charge in [0.2, 0.25) is 0 Å². The molecule has 2 aromatic carbocycles.